The van der Waals surface area contributed by atoms with Crippen LogP contribution >= 0.6 is 0 Å². The average Bonchev–Trinajstić information content (AvgIpc) is 2.12. The Labute approximate surface area is 94.4 Å². The Balaban J connectivity index is 3.01. The van der Waals surface area contributed by atoms with Gasteiger partial charge in [-0.1, -0.05) is 0 Å². The Hall–Kier alpha value is -1.49. The molecule has 0 amide bonds. The number of nitrogen functional groups attached to an aromatic ring is 2. The molecule has 0 atom stereocenters. The number of anilines is 3. The zero-order chi connectivity index (χ0) is 12.5. The van der Waals surface area contributed by atoms with E-state index in [9.17, 15) is 9.50 Å². The average molecular weight is 227 g/mol. The van der Waals surface area contributed by atoms with Crippen LogP contribution in [-0.2, 0) is 0 Å². The monoisotopic (exact) mass is 227 g/mol. The third-order valence-electron chi connectivity index (χ3n) is 2.21. The summed E-state index contributed by atoms with van der Waals surface area (Å²) < 4.78 is 13.5. The number of hydrogen-bond donors (Lipinski definition) is 4. The van der Waals surface area contributed by atoms with E-state index in [1.54, 1.807) is 20.8 Å². The van der Waals surface area contributed by atoms with Crippen molar-refractivity contribution in [2.45, 2.75) is 26.4 Å². The summed E-state index contributed by atoms with van der Waals surface area (Å²) in [7, 11) is 0. The van der Waals surface area contributed by atoms with Crippen molar-refractivity contribution < 1.29 is 9.50 Å². The van der Waals surface area contributed by atoms with Crippen LogP contribution in [0, 0.1) is 12.7 Å². The Morgan fingerprint density at radius 2 is 2.00 bits per heavy atom. The van der Waals surface area contributed by atoms with E-state index in [1.807, 2.05) is 0 Å². The van der Waals surface area contributed by atoms with Crippen molar-refractivity contribution in [3.8, 4) is 0 Å². The zero-order valence-corrected chi connectivity index (χ0v) is 9.76. The van der Waals surface area contributed by atoms with E-state index < -0.39 is 11.4 Å². The van der Waals surface area contributed by atoms with E-state index in [0.717, 1.165) is 0 Å². The third-order valence-corrected chi connectivity index (χ3v) is 2.21. The molecule has 0 bridgehead atoms. The number of nitrogens with one attached hydrogen (secondary N) is 1. The summed E-state index contributed by atoms with van der Waals surface area (Å²) in [4.78, 5) is 0. The first kappa shape index (κ1) is 12.6. The van der Waals surface area contributed by atoms with Crippen molar-refractivity contribution in [2.75, 3.05) is 23.3 Å². The highest BCUT2D eigenvalue weighted by Gasteiger charge is 2.16. The minimum absolute atomic E-state index is 0.0123. The standard InChI is InChI=1S/C11H18FN3O/c1-6-4-7(13)10(9(14)8(6)12)15-5-11(2,3)16/h4,15-16H,5,13-14H2,1-3H3. The summed E-state index contributed by atoms with van der Waals surface area (Å²) >= 11 is 0. The van der Waals surface area contributed by atoms with Crippen molar-refractivity contribution >= 4 is 17.1 Å². The molecular formula is C11H18FN3O. The van der Waals surface area contributed by atoms with Crippen LogP contribution in [0.25, 0.3) is 0 Å². The highest BCUT2D eigenvalue weighted by atomic mass is 19.1. The molecule has 0 spiro atoms. The Kier molecular flexibility index (Phi) is 3.28. The molecule has 1 aromatic rings. The normalized spacial score (nSPS) is 11.6. The van der Waals surface area contributed by atoms with Gasteiger partial charge < -0.3 is 21.9 Å². The molecule has 90 valence electrons. The Morgan fingerprint density at radius 3 is 2.50 bits per heavy atom. The highest BCUT2D eigenvalue weighted by Crippen LogP contribution is 2.31. The van der Waals surface area contributed by atoms with E-state index in [2.05, 4.69) is 5.32 Å². The van der Waals surface area contributed by atoms with Crippen LogP contribution in [0.5, 0.6) is 0 Å². The maximum absolute atomic E-state index is 13.5. The molecule has 0 fully saturated rings. The molecule has 0 saturated carbocycles. The van der Waals surface area contributed by atoms with E-state index in [1.165, 1.54) is 6.07 Å². The second kappa shape index (κ2) is 4.17. The summed E-state index contributed by atoms with van der Waals surface area (Å²) in [6.45, 7) is 5.11. The van der Waals surface area contributed by atoms with Gasteiger partial charge in [-0.15, -0.1) is 0 Å². The third kappa shape index (κ3) is 2.76. The van der Waals surface area contributed by atoms with Crippen LogP contribution < -0.4 is 16.8 Å². The van der Waals surface area contributed by atoms with Gasteiger partial charge in [-0.25, -0.2) is 4.39 Å². The van der Waals surface area contributed by atoms with Gasteiger partial charge in [0, 0.05) is 6.54 Å². The van der Waals surface area contributed by atoms with Crippen LogP contribution in [0.4, 0.5) is 21.5 Å². The smallest absolute Gasteiger partial charge is 0.151 e. The fourth-order valence-electron chi connectivity index (χ4n) is 1.35. The minimum atomic E-state index is -0.916. The highest BCUT2D eigenvalue weighted by molar-refractivity contribution is 5.81. The number of halogens is 1. The first-order valence-electron chi connectivity index (χ1n) is 5.02. The summed E-state index contributed by atoms with van der Waals surface area (Å²) in [5, 5.41) is 12.4. The van der Waals surface area contributed by atoms with Gasteiger partial charge >= 0.3 is 0 Å². The molecule has 1 aromatic carbocycles. The van der Waals surface area contributed by atoms with Crippen LogP contribution in [0.1, 0.15) is 19.4 Å². The molecule has 6 N–H and O–H groups in total. The van der Waals surface area contributed by atoms with Gasteiger partial charge in [0.2, 0.25) is 0 Å². The van der Waals surface area contributed by atoms with Gasteiger partial charge in [0.1, 0.15) is 0 Å². The molecule has 0 unspecified atom stereocenters. The van der Waals surface area contributed by atoms with Crippen LogP contribution in [0.15, 0.2) is 6.07 Å². The topological polar surface area (TPSA) is 84.3 Å². The second-order valence-corrected chi connectivity index (χ2v) is 4.55. The number of benzene rings is 1. The van der Waals surface area contributed by atoms with Crippen molar-refractivity contribution in [2.24, 2.45) is 0 Å². The summed E-state index contributed by atoms with van der Waals surface area (Å²) in [6, 6.07) is 1.51. The maximum Gasteiger partial charge on any atom is 0.151 e. The Morgan fingerprint density at radius 1 is 1.44 bits per heavy atom. The van der Waals surface area contributed by atoms with E-state index in [0.29, 0.717) is 16.9 Å². The fraction of sp³-hybridized carbons (Fsp3) is 0.455. The lowest BCUT2D eigenvalue weighted by atomic mass is 10.1. The predicted octanol–water partition coefficient (Wildman–Crippen LogP) is 1.48. The van der Waals surface area contributed by atoms with E-state index in [4.69, 9.17) is 11.5 Å². The fourth-order valence-corrected chi connectivity index (χ4v) is 1.35. The Bertz CT molecular complexity index is 399. The predicted molar refractivity (Wildman–Crippen MR) is 64.7 cm³/mol. The lowest BCUT2D eigenvalue weighted by molar-refractivity contribution is 0.0945. The summed E-state index contributed by atoms with van der Waals surface area (Å²) in [5.74, 6) is -0.479. The molecule has 0 aliphatic carbocycles. The molecular weight excluding hydrogens is 209 g/mol. The van der Waals surface area contributed by atoms with Gasteiger partial charge in [-0.05, 0) is 32.4 Å². The number of rotatable bonds is 3. The van der Waals surface area contributed by atoms with Crippen LogP contribution in [0.2, 0.25) is 0 Å². The minimum Gasteiger partial charge on any atom is -0.397 e. The molecule has 0 aliphatic rings. The molecule has 4 nitrogen and oxygen atoms in total. The van der Waals surface area contributed by atoms with Crippen LogP contribution in [-0.4, -0.2) is 17.3 Å². The van der Waals surface area contributed by atoms with Gasteiger partial charge in [-0.2, -0.15) is 0 Å². The lowest BCUT2D eigenvalue weighted by Gasteiger charge is -2.21. The SMILES string of the molecule is Cc1cc(N)c(NCC(C)(C)O)c(N)c1F. The number of nitrogens with two attached hydrogens (primary N) is 2. The van der Waals surface area contributed by atoms with Gasteiger partial charge in [0.25, 0.3) is 0 Å². The van der Waals surface area contributed by atoms with Crippen LogP contribution in [0.3, 0.4) is 0 Å². The maximum atomic E-state index is 13.5. The molecule has 0 heterocycles. The first-order valence-corrected chi connectivity index (χ1v) is 5.02. The zero-order valence-electron chi connectivity index (χ0n) is 9.76. The molecule has 16 heavy (non-hydrogen) atoms. The van der Waals surface area contributed by atoms with Crippen molar-refractivity contribution in [1.29, 1.82) is 0 Å². The van der Waals surface area contributed by atoms with Gasteiger partial charge in [0.05, 0.1) is 22.7 Å². The van der Waals surface area contributed by atoms with E-state index >= 15 is 0 Å². The molecule has 0 aromatic heterocycles. The molecule has 1 rings (SSSR count). The van der Waals surface area contributed by atoms with Crippen molar-refractivity contribution in [1.82, 2.24) is 0 Å². The molecule has 0 radical (unpaired) electrons. The summed E-state index contributed by atoms with van der Waals surface area (Å²) in [5.41, 5.74) is 11.5. The second-order valence-electron chi connectivity index (χ2n) is 4.55. The van der Waals surface area contributed by atoms with E-state index in [-0.39, 0.29) is 12.2 Å². The quantitative estimate of drug-likeness (QED) is 0.589. The molecule has 5 heteroatoms. The van der Waals surface area contributed by atoms with Gasteiger partial charge in [0.15, 0.2) is 5.82 Å². The van der Waals surface area contributed by atoms with Crippen molar-refractivity contribution in [3.05, 3.63) is 17.4 Å². The summed E-state index contributed by atoms with van der Waals surface area (Å²) in [6.07, 6.45) is 0. The number of aliphatic hydroxyl groups is 1. The number of aryl methyl sites for hydroxylation is 1. The lowest BCUT2D eigenvalue weighted by Crippen LogP contribution is -2.30. The largest absolute Gasteiger partial charge is 0.397 e. The first-order chi connectivity index (χ1) is 7.22. The molecule has 0 saturated heterocycles. The molecule has 0 aliphatic heterocycles. The van der Waals surface area contributed by atoms with Gasteiger partial charge in [-0.3, -0.25) is 0 Å². The van der Waals surface area contributed by atoms with Crippen molar-refractivity contribution in [3.63, 3.8) is 0 Å². The number of hydrogen-bond acceptors (Lipinski definition) is 4.